The molecule has 5 aliphatic heterocycles. The van der Waals surface area contributed by atoms with Gasteiger partial charge in [0.15, 0.2) is 6.04 Å². The van der Waals surface area contributed by atoms with Gasteiger partial charge in [-0.05, 0) is 6.07 Å². The summed E-state index contributed by atoms with van der Waals surface area (Å²) in [5.74, 6) is -3.17. The highest BCUT2D eigenvalue weighted by atomic mass is 16.5. The Bertz CT molecular complexity index is 1320. The number of hydrogen-bond acceptors (Lipinski definition) is 10. The summed E-state index contributed by atoms with van der Waals surface area (Å²) >= 11 is 0. The van der Waals surface area contributed by atoms with Gasteiger partial charge in [-0.2, -0.15) is 0 Å². The standard InChI is InChI=1S/C24H30N8O6/c1-22(2)10-38-17-11(4-3-5-12(17)22)19(35)28-14-9-32-21(26)27-13(8-31-15(33)6-7-16(31)34)18-23(32,24(14,36)37)30-20(25)29-18/h3-5,13-14,18,36-37H,6-10H2,1-2H3,(H6,25,26,27,28,29,30,35)/p+2/t13-,14?,18-,23-/m0/s1. The summed E-state index contributed by atoms with van der Waals surface area (Å²) < 4.78 is 7.33. The van der Waals surface area contributed by atoms with Crippen molar-refractivity contribution < 1.29 is 38.9 Å². The molecule has 1 aromatic rings. The van der Waals surface area contributed by atoms with Crippen LogP contribution in [0.15, 0.2) is 18.2 Å². The average molecular weight is 529 g/mol. The second-order valence-electron chi connectivity index (χ2n) is 11.2. The summed E-state index contributed by atoms with van der Waals surface area (Å²) in [7, 11) is 0. The summed E-state index contributed by atoms with van der Waals surface area (Å²) in [5.41, 5.74) is 11.6. The van der Waals surface area contributed by atoms with Gasteiger partial charge < -0.3 is 20.3 Å². The first-order valence-corrected chi connectivity index (χ1v) is 12.6. The Morgan fingerprint density at radius 1 is 1.26 bits per heavy atom. The van der Waals surface area contributed by atoms with Crippen molar-refractivity contribution in [1.29, 1.82) is 0 Å². The van der Waals surface area contributed by atoms with Gasteiger partial charge in [-0.1, -0.05) is 26.0 Å². The van der Waals surface area contributed by atoms with Gasteiger partial charge in [0.1, 0.15) is 17.8 Å². The summed E-state index contributed by atoms with van der Waals surface area (Å²) in [5, 5.41) is 32.1. The van der Waals surface area contributed by atoms with E-state index >= 15 is 0 Å². The molecule has 3 amide bonds. The van der Waals surface area contributed by atoms with Crippen molar-refractivity contribution in [2.75, 3.05) is 19.7 Å². The van der Waals surface area contributed by atoms with Crippen LogP contribution in [0.1, 0.15) is 42.6 Å². The number of aliphatic hydroxyl groups is 2. The third-order valence-corrected chi connectivity index (χ3v) is 8.36. The first-order chi connectivity index (χ1) is 17.9. The number of nitrogens with one attached hydrogen (secondary N) is 4. The smallest absolute Gasteiger partial charge is 0.347 e. The van der Waals surface area contributed by atoms with Crippen LogP contribution in [0.4, 0.5) is 0 Å². The number of benzene rings is 1. The maximum absolute atomic E-state index is 13.4. The van der Waals surface area contributed by atoms with E-state index in [1.807, 2.05) is 19.9 Å². The molecule has 38 heavy (non-hydrogen) atoms. The van der Waals surface area contributed by atoms with Crippen LogP contribution in [0, 0.1) is 0 Å². The minimum absolute atomic E-state index is 0.0523. The predicted octanol–water partition coefficient (Wildman–Crippen LogP) is -5.34. The first kappa shape index (κ1) is 24.4. The normalized spacial score (nSPS) is 32.2. The van der Waals surface area contributed by atoms with E-state index in [2.05, 4.69) is 20.9 Å². The molecule has 0 aliphatic carbocycles. The lowest BCUT2D eigenvalue weighted by Gasteiger charge is -2.41. The van der Waals surface area contributed by atoms with Gasteiger partial charge in [-0.25, -0.2) is 9.89 Å². The molecule has 5 aliphatic rings. The van der Waals surface area contributed by atoms with E-state index in [1.165, 1.54) is 4.58 Å². The molecule has 14 heteroatoms. The molecule has 0 aromatic heterocycles. The Hall–Kier alpha value is -3.91. The van der Waals surface area contributed by atoms with Gasteiger partial charge in [0.2, 0.25) is 11.8 Å². The molecule has 0 radical (unpaired) electrons. The number of carbonyl (C=O) groups is 3. The number of carbonyl (C=O) groups excluding carboxylic acids is 3. The molecular formula is C24H32N8O6+2. The van der Waals surface area contributed by atoms with Crippen LogP contribution in [0.3, 0.4) is 0 Å². The number of rotatable bonds is 4. The fraction of sp³-hybridized carbons (Fsp3) is 0.542. The summed E-state index contributed by atoms with van der Waals surface area (Å²) in [6, 6.07) is 2.52. The molecule has 1 unspecified atom stereocenters. The zero-order valence-electron chi connectivity index (χ0n) is 21.1. The fourth-order valence-electron chi connectivity index (χ4n) is 6.39. The Morgan fingerprint density at radius 3 is 2.68 bits per heavy atom. The van der Waals surface area contributed by atoms with E-state index in [-0.39, 0.29) is 60.6 Å². The summed E-state index contributed by atoms with van der Waals surface area (Å²) in [4.78, 5) is 42.1. The van der Waals surface area contributed by atoms with Crippen molar-refractivity contribution in [2.24, 2.45) is 11.5 Å². The molecule has 4 atom stereocenters. The number of ether oxygens (including phenoxy) is 1. The van der Waals surface area contributed by atoms with Crippen LogP contribution in [0.25, 0.3) is 0 Å². The quantitative estimate of drug-likeness (QED) is 0.106. The van der Waals surface area contributed by atoms with Gasteiger partial charge in [-0.3, -0.25) is 41.1 Å². The SMILES string of the molecule is CC1(C)COc2c(C(=O)NC3C[N+]4=C(N)N[C@@H](CN5C(=O)CCC5=O)[C@@H]5[NH+]=C(N)N[C@@]54C3(O)O)cccc21. The highest BCUT2D eigenvalue weighted by molar-refractivity contribution is 6.02. The van der Waals surface area contributed by atoms with Crippen LogP contribution < -0.4 is 37.1 Å². The maximum atomic E-state index is 13.4. The fourth-order valence-corrected chi connectivity index (χ4v) is 6.39. The van der Waals surface area contributed by atoms with E-state index in [4.69, 9.17) is 16.2 Å². The van der Waals surface area contributed by atoms with E-state index in [9.17, 15) is 24.6 Å². The lowest BCUT2D eigenvalue weighted by atomic mass is 9.84. The molecule has 2 fully saturated rings. The molecule has 10 N–H and O–H groups in total. The molecular weight excluding hydrogens is 496 g/mol. The van der Waals surface area contributed by atoms with Crippen LogP contribution in [0.2, 0.25) is 0 Å². The Labute approximate surface area is 217 Å². The molecule has 0 saturated carbocycles. The topological polar surface area (TPSA) is 209 Å². The van der Waals surface area contributed by atoms with Crippen molar-refractivity contribution in [3.05, 3.63) is 29.3 Å². The van der Waals surface area contributed by atoms with Crippen molar-refractivity contribution >= 4 is 29.6 Å². The number of nitrogens with zero attached hydrogens (tertiary/aromatic N) is 2. The number of fused-ring (bicyclic) bond motifs is 1. The predicted molar refractivity (Wildman–Crippen MR) is 130 cm³/mol. The van der Waals surface area contributed by atoms with Gasteiger partial charge in [0.05, 0.1) is 25.3 Å². The van der Waals surface area contributed by atoms with Crippen molar-refractivity contribution in [3.8, 4) is 5.75 Å². The second kappa shape index (κ2) is 7.80. The minimum Gasteiger partial charge on any atom is -0.492 e. The largest absolute Gasteiger partial charge is 0.492 e. The number of guanidine groups is 2. The number of likely N-dealkylation sites (tertiary alicyclic amines) is 1. The molecule has 6 rings (SSSR count). The zero-order chi connectivity index (χ0) is 27.2. The van der Waals surface area contributed by atoms with Gasteiger partial charge in [-0.15, -0.1) is 0 Å². The molecule has 1 spiro atoms. The molecule has 1 aromatic carbocycles. The summed E-state index contributed by atoms with van der Waals surface area (Å²) in [6.07, 6.45) is 0.240. The van der Waals surface area contributed by atoms with Crippen molar-refractivity contribution in [1.82, 2.24) is 20.9 Å². The number of nitrogens with two attached hydrogens (primary N) is 2. The van der Waals surface area contributed by atoms with Crippen molar-refractivity contribution in [3.63, 3.8) is 0 Å². The van der Waals surface area contributed by atoms with E-state index in [0.29, 0.717) is 12.4 Å². The van der Waals surface area contributed by atoms with Crippen LogP contribution in [0.5, 0.6) is 5.75 Å². The highest BCUT2D eigenvalue weighted by Gasteiger charge is 2.78. The molecule has 202 valence electrons. The highest BCUT2D eigenvalue weighted by Crippen LogP contribution is 2.41. The molecule has 0 bridgehead atoms. The Kier molecular flexibility index (Phi) is 5.01. The van der Waals surface area contributed by atoms with Gasteiger partial charge >= 0.3 is 11.9 Å². The lowest BCUT2D eigenvalue weighted by Crippen LogP contribution is -2.92. The van der Waals surface area contributed by atoms with E-state index in [0.717, 1.165) is 10.5 Å². The third-order valence-electron chi connectivity index (χ3n) is 8.36. The average Bonchev–Trinajstić information content (AvgIpc) is 3.54. The number of para-hydroxylation sites is 1. The number of imide groups is 1. The van der Waals surface area contributed by atoms with Crippen LogP contribution in [-0.4, -0.2) is 98.6 Å². The van der Waals surface area contributed by atoms with Gasteiger partial charge in [0.25, 0.3) is 17.4 Å². The first-order valence-electron chi connectivity index (χ1n) is 12.6. The Balaban J connectivity index is 1.32. The van der Waals surface area contributed by atoms with Crippen LogP contribution in [-0.2, 0) is 15.0 Å². The third kappa shape index (κ3) is 3.16. The molecule has 5 heterocycles. The molecule has 14 nitrogen and oxygen atoms in total. The second-order valence-corrected chi connectivity index (χ2v) is 11.2. The lowest BCUT2D eigenvalue weighted by molar-refractivity contribution is -0.674. The number of amides is 3. The molecule has 2 saturated heterocycles. The van der Waals surface area contributed by atoms with E-state index in [1.54, 1.807) is 12.1 Å². The van der Waals surface area contributed by atoms with Crippen LogP contribution >= 0.6 is 0 Å². The monoisotopic (exact) mass is 528 g/mol. The van der Waals surface area contributed by atoms with Gasteiger partial charge in [0, 0.05) is 23.8 Å². The Morgan fingerprint density at radius 2 is 1.97 bits per heavy atom. The zero-order valence-corrected chi connectivity index (χ0v) is 21.1. The maximum Gasteiger partial charge on any atom is 0.347 e. The summed E-state index contributed by atoms with van der Waals surface area (Å²) in [6.45, 7) is 4.32. The minimum atomic E-state index is -2.59. The van der Waals surface area contributed by atoms with E-state index < -0.39 is 35.5 Å². The number of hydrogen-bond donors (Lipinski definition) is 8. The van der Waals surface area contributed by atoms with Crippen molar-refractivity contribution in [2.45, 2.75) is 61.7 Å².